The third kappa shape index (κ3) is 3.71. The summed E-state index contributed by atoms with van der Waals surface area (Å²) in [6.45, 7) is 2.92. The van der Waals surface area contributed by atoms with Crippen molar-refractivity contribution in [1.29, 1.82) is 0 Å². The average molecular weight is 278 g/mol. The van der Waals surface area contributed by atoms with Gasteiger partial charge in [-0.1, -0.05) is 12.2 Å². The van der Waals surface area contributed by atoms with E-state index in [4.69, 9.17) is 18.0 Å². The molecule has 1 fully saturated rings. The number of aromatic nitrogens is 1. The van der Waals surface area contributed by atoms with Crippen molar-refractivity contribution in [3.63, 3.8) is 0 Å². The summed E-state index contributed by atoms with van der Waals surface area (Å²) >= 11 is 4.92. The molecule has 0 radical (unpaired) electrons. The first kappa shape index (κ1) is 13.9. The van der Waals surface area contributed by atoms with Gasteiger partial charge in [0.05, 0.1) is 12.2 Å². The van der Waals surface area contributed by atoms with E-state index < -0.39 is 0 Å². The summed E-state index contributed by atoms with van der Waals surface area (Å²) in [5.74, 6) is 0.168. The molecule has 5 nitrogen and oxygen atoms in total. The van der Waals surface area contributed by atoms with E-state index in [2.05, 4.69) is 9.88 Å². The second kappa shape index (κ2) is 6.08. The Kier molecular flexibility index (Phi) is 4.44. The van der Waals surface area contributed by atoms with Gasteiger partial charge in [0.1, 0.15) is 4.99 Å². The first-order chi connectivity index (χ1) is 9.06. The van der Waals surface area contributed by atoms with Crippen LogP contribution in [0.15, 0.2) is 18.3 Å². The van der Waals surface area contributed by atoms with E-state index in [9.17, 15) is 4.79 Å². The van der Waals surface area contributed by atoms with E-state index in [0.29, 0.717) is 17.2 Å². The van der Waals surface area contributed by atoms with Crippen LogP contribution in [0.5, 0.6) is 0 Å². The maximum Gasteiger partial charge on any atom is 0.236 e. The molecule has 2 N–H and O–H groups in total. The van der Waals surface area contributed by atoms with Crippen LogP contribution in [-0.2, 0) is 11.3 Å². The summed E-state index contributed by atoms with van der Waals surface area (Å²) in [5.41, 5.74) is 7.28. The fourth-order valence-electron chi connectivity index (χ4n) is 2.15. The smallest absolute Gasteiger partial charge is 0.236 e. The predicted molar refractivity (Wildman–Crippen MR) is 77.7 cm³/mol. The molecule has 0 bridgehead atoms. The lowest BCUT2D eigenvalue weighted by molar-refractivity contribution is -0.129. The Balaban J connectivity index is 2.06. The van der Waals surface area contributed by atoms with E-state index in [1.165, 1.54) is 0 Å². The van der Waals surface area contributed by atoms with Crippen molar-refractivity contribution in [3.8, 4) is 0 Å². The second-order valence-electron chi connectivity index (χ2n) is 4.79. The molecule has 2 heterocycles. The second-order valence-corrected chi connectivity index (χ2v) is 5.23. The fourth-order valence-corrected chi connectivity index (χ4v) is 2.26. The molecule has 1 aliphatic heterocycles. The van der Waals surface area contributed by atoms with E-state index in [0.717, 1.165) is 31.6 Å². The normalized spacial score (nSPS) is 17.3. The minimum absolute atomic E-state index is 0.168. The Morgan fingerprint density at radius 1 is 1.53 bits per heavy atom. The fraction of sp³-hybridized carbons (Fsp3) is 0.462. The molecule has 6 heteroatoms. The molecule has 19 heavy (non-hydrogen) atoms. The van der Waals surface area contributed by atoms with E-state index in [1.54, 1.807) is 11.1 Å². The number of nitrogens with two attached hydrogens (primary N) is 1. The summed E-state index contributed by atoms with van der Waals surface area (Å²) in [6.07, 6.45) is 2.70. The van der Waals surface area contributed by atoms with Crippen LogP contribution >= 0.6 is 12.2 Å². The molecule has 1 aromatic heterocycles. The summed E-state index contributed by atoms with van der Waals surface area (Å²) in [6, 6.07) is 3.82. The summed E-state index contributed by atoms with van der Waals surface area (Å²) in [4.78, 5) is 20.2. The summed E-state index contributed by atoms with van der Waals surface area (Å²) in [5, 5.41) is 0. The van der Waals surface area contributed by atoms with Gasteiger partial charge in [-0.05, 0) is 24.1 Å². The third-order valence-corrected chi connectivity index (χ3v) is 3.44. The van der Waals surface area contributed by atoms with Crippen LogP contribution < -0.4 is 5.73 Å². The highest BCUT2D eigenvalue weighted by molar-refractivity contribution is 7.80. The molecule has 0 saturated carbocycles. The van der Waals surface area contributed by atoms with Gasteiger partial charge in [-0.2, -0.15) is 0 Å². The molecule has 1 amide bonds. The van der Waals surface area contributed by atoms with Crippen LogP contribution in [0, 0.1) is 0 Å². The Morgan fingerprint density at radius 3 is 3.05 bits per heavy atom. The molecular weight excluding hydrogens is 260 g/mol. The van der Waals surface area contributed by atoms with Crippen LogP contribution in [0.25, 0.3) is 0 Å². The van der Waals surface area contributed by atoms with Crippen LogP contribution in [0.4, 0.5) is 0 Å². The number of hydrogen-bond donors (Lipinski definition) is 1. The topological polar surface area (TPSA) is 62.5 Å². The Hall–Kier alpha value is -1.53. The SMILES string of the molecule is CN1CCCN(Cc2ccnc(C(N)=S)c2)CC1=O. The first-order valence-electron chi connectivity index (χ1n) is 6.27. The van der Waals surface area contributed by atoms with Gasteiger partial charge in [-0.25, -0.2) is 0 Å². The monoisotopic (exact) mass is 278 g/mol. The lowest BCUT2D eigenvalue weighted by Crippen LogP contribution is -2.34. The van der Waals surface area contributed by atoms with E-state index in [-0.39, 0.29) is 5.91 Å². The molecule has 0 spiro atoms. The zero-order valence-corrected chi connectivity index (χ0v) is 11.8. The van der Waals surface area contributed by atoms with Crippen LogP contribution in [0.1, 0.15) is 17.7 Å². The molecule has 102 valence electrons. The first-order valence-corrected chi connectivity index (χ1v) is 6.68. The zero-order chi connectivity index (χ0) is 13.8. The number of carbonyl (C=O) groups excluding carboxylic acids is 1. The molecule has 1 saturated heterocycles. The van der Waals surface area contributed by atoms with Gasteiger partial charge < -0.3 is 10.6 Å². The lowest BCUT2D eigenvalue weighted by Gasteiger charge is -2.19. The Bertz CT molecular complexity index is 491. The van der Waals surface area contributed by atoms with Crippen molar-refractivity contribution < 1.29 is 4.79 Å². The lowest BCUT2D eigenvalue weighted by atomic mass is 10.2. The third-order valence-electron chi connectivity index (χ3n) is 3.24. The minimum Gasteiger partial charge on any atom is -0.388 e. The highest BCUT2D eigenvalue weighted by atomic mass is 32.1. The van der Waals surface area contributed by atoms with Gasteiger partial charge in [0.2, 0.25) is 5.91 Å². The Labute approximate surface area is 118 Å². The number of rotatable bonds is 3. The quantitative estimate of drug-likeness (QED) is 0.810. The van der Waals surface area contributed by atoms with E-state index >= 15 is 0 Å². The number of carbonyl (C=O) groups is 1. The van der Waals surface area contributed by atoms with Gasteiger partial charge in [-0.15, -0.1) is 0 Å². The minimum atomic E-state index is 0.168. The van der Waals surface area contributed by atoms with Crippen molar-refractivity contribution in [1.82, 2.24) is 14.8 Å². The van der Waals surface area contributed by atoms with Crippen molar-refractivity contribution in [2.75, 3.05) is 26.7 Å². The highest BCUT2D eigenvalue weighted by Crippen LogP contribution is 2.09. The number of hydrogen-bond acceptors (Lipinski definition) is 4. The number of thiocarbonyl (C=S) groups is 1. The molecule has 0 aromatic carbocycles. The van der Waals surface area contributed by atoms with Crippen molar-refractivity contribution >= 4 is 23.1 Å². The van der Waals surface area contributed by atoms with Crippen LogP contribution in [0.2, 0.25) is 0 Å². The zero-order valence-electron chi connectivity index (χ0n) is 11.0. The molecule has 2 rings (SSSR count). The van der Waals surface area contributed by atoms with Crippen molar-refractivity contribution in [2.45, 2.75) is 13.0 Å². The van der Waals surface area contributed by atoms with Crippen LogP contribution in [-0.4, -0.2) is 52.4 Å². The number of pyridine rings is 1. The maximum atomic E-state index is 11.8. The molecule has 0 unspecified atom stereocenters. The van der Waals surface area contributed by atoms with E-state index in [1.807, 2.05) is 19.2 Å². The molecule has 0 atom stereocenters. The number of likely N-dealkylation sites (N-methyl/N-ethyl adjacent to an activating group) is 1. The van der Waals surface area contributed by atoms with Gasteiger partial charge in [-0.3, -0.25) is 14.7 Å². The average Bonchev–Trinajstić information content (AvgIpc) is 2.52. The number of amides is 1. The van der Waals surface area contributed by atoms with Gasteiger partial charge in [0, 0.05) is 32.9 Å². The summed E-state index contributed by atoms with van der Waals surface area (Å²) < 4.78 is 0. The Morgan fingerprint density at radius 2 is 2.32 bits per heavy atom. The summed E-state index contributed by atoms with van der Waals surface area (Å²) in [7, 11) is 1.85. The van der Waals surface area contributed by atoms with Gasteiger partial charge in [0.25, 0.3) is 0 Å². The molecule has 0 aliphatic carbocycles. The van der Waals surface area contributed by atoms with Gasteiger partial charge in [0.15, 0.2) is 0 Å². The van der Waals surface area contributed by atoms with Crippen molar-refractivity contribution in [2.24, 2.45) is 5.73 Å². The maximum absolute atomic E-state index is 11.8. The molecule has 1 aliphatic rings. The molecular formula is C13H18N4OS. The standard InChI is InChI=1S/C13H18N4OS/c1-16-5-2-6-17(9-12(16)18)8-10-3-4-15-11(7-10)13(14)19/h3-4,7H,2,5-6,8-9H2,1H3,(H2,14,19). The highest BCUT2D eigenvalue weighted by Gasteiger charge is 2.18. The van der Waals surface area contributed by atoms with Gasteiger partial charge >= 0.3 is 0 Å². The van der Waals surface area contributed by atoms with Crippen molar-refractivity contribution in [3.05, 3.63) is 29.6 Å². The van der Waals surface area contributed by atoms with Crippen LogP contribution in [0.3, 0.4) is 0 Å². The molecule has 1 aromatic rings. The number of nitrogens with zero attached hydrogens (tertiary/aromatic N) is 3. The largest absolute Gasteiger partial charge is 0.388 e. The predicted octanol–water partition coefficient (Wildman–Crippen LogP) is 0.380.